The summed E-state index contributed by atoms with van der Waals surface area (Å²) in [4.78, 5) is 24.9. The monoisotopic (exact) mass is 383 g/mol. The number of anilines is 1. The lowest BCUT2D eigenvalue weighted by molar-refractivity contribution is -0.384. The van der Waals surface area contributed by atoms with Crippen molar-refractivity contribution in [3.05, 3.63) is 69.3 Å². The number of Topliss-reactive ketones (excluding diaryl/α,β-unsaturated/α-hetero) is 1. The Morgan fingerprint density at radius 1 is 1.21 bits per heavy atom. The van der Waals surface area contributed by atoms with Crippen LogP contribution >= 0.6 is 0 Å². The number of nitrogens with zero attached hydrogens (tertiary/aromatic N) is 2. The van der Waals surface area contributed by atoms with Crippen LogP contribution in [0.2, 0.25) is 0 Å². The molecule has 1 heterocycles. The molecule has 0 saturated carbocycles. The van der Waals surface area contributed by atoms with Crippen molar-refractivity contribution in [1.29, 1.82) is 0 Å². The Hall–Kier alpha value is -2.77. The maximum absolute atomic E-state index is 11.6. The van der Waals surface area contributed by atoms with Gasteiger partial charge in [0.2, 0.25) is 0 Å². The third kappa shape index (κ3) is 4.74. The summed E-state index contributed by atoms with van der Waals surface area (Å²) < 4.78 is 5.47. The van der Waals surface area contributed by atoms with Gasteiger partial charge in [-0.05, 0) is 31.5 Å². The van der Waals surface area contributed by atoms with Gasteiger partial charge < -0.3 is 10.1 Å². The van der Waals surface area contributed by atoms with Gasteiger partial charge in [-0.3, -0.25) is 19.8 Å². The molecule has 2 aromatic rings. The van der Waals surface area contributed by atoms with Crippen molar-refractivity contribution >= 4 is 17.2 Å². The third-order valence-corrected chi connectivity index (χ3v) is 5.04. The second-order valence-electron chi connectivity index (χ2n) is 7.00. The number of nitro groups is 1. The van der Waals surface area contributed by atoms with E-state index >= 15 is 0 Å². The van der Waals surface area contributed by atoms with Crippen molar-refractivity contribution in [2.24, 2.45) is 0 Å². The summed E-state index contributed by atoms with van der Waals surface area (Å²) in [5.74, 6) is -0.194. The molecule has 1 atom stereocenters. The molecule has 1 fully saturated rings. The molecule has 1 saturated heterocycles. The number of carbonyl (C=O) groups is 1. The van der Waals surface area contributed by atoms with Crippen LogP contribution in [0.4, 0.5) is 11.4 Å². The van der Waals surface area contributed by atoms with Gasteiger partial charge in [-0.15, -0.1) is 0 Å². The zero-order valence-corrected chi connectivity index (χ0v) is 16.2. The van der Waals surface area contributed by atoms with Gasteiger partial charge in [-0.1, -0.05) is 29.8 Å². The molecule has 7 nitrogen and oxygen atoms in total. The number of benzene rings is 2. The molecule has 28 heavy (non-hydrogen) atoms. The molecule has 0 amide bonds. The number of rotatable bonds is 7. The van der Waals surface area contributed by atoms with E-state index in [9.17, 15) is 14.9 Å². The first-order valence-corrected chi connectivity index (χ1v) is 9.37. The number of nitro benzene ring substituents is 1. The number of ether oxygens (including phenoxy) is 1. The van der Waals surface area contributed by atoms with E-state index in [-0.39, 0.29) is 17.5 Å². The molecule has 0 aromatic heterocycles. The lowest BCUT2D eigenvalue weighted by atomic mass is 10.0. The Morgan fingerprint density at radius 2 is 1.89 bits per heavy atom. The van der Waals surface area contributed by atoms with Crippen LogP contribution in [0.15, 0.2) is 42.5 Å². The van der Waals surface area contributed by atoms with Gasteiger partial charge in [0, 0.05) is 31.3 Å². The largest absolute Gasteiger partial charge is 0.379 e. The summed E-state index contributed by atoms with van der Waals surface area (Å²) >= 11 is 0. The van der Waals surface area contributed by atoms with E-state index in [4.69, 9.17) is 4.74 Å². The maximum Gasteiger partial charge on any atom is 0.293 e. The molecule has 1 N–H and O–H groups in total. The highest BCUT2D eigenvalue weighted by atomic mass is 16.6. The molecule has 0 radical (unpaired) electrons. The number of carbonyl (C=O) groups excluding carboxylic acids is 1. The normalized spacial score (nSPS) is 15.8. The summed E-state index contributed by atoms with van der Waals surface area (Å²) in [6, 6.07) is 13.0. The molecule has 0 bridgehead atoms. The van der Waals surface area contributed by atoms with Gasteiger partial charge >= 0.3 is 0 Å². The average molecular weight is 383 g/mol. The van der Waals surface area contributed by atoms with Gasteiger partial charge in [0.05, 0.1) is 24.2 Å². The molecule has 1 aliphatic heterocycles. The molecular weight excluding hydrogens is 358 g/mol. The van der Waals surface area contributed by atoms with E-state index in [2.05, 4.69) is 34.5 Å². The topological polar surface area (TPSA) is 84.7 Å². The second kappa shape index (κ2) is 8.95. The van der Waals surface area contributed by atoms with E-state index in [1.807, 2.05) is 6.92 Å². The zero-order valence-electron chi connectivity index (χ0n) is 16.2. The summed E-state index contributed by atoms with van der Waals surface area (Å²) in [7, 11) is 0. The van der Waals surface area contributed by atoms with Crippen LogP contribution in [-0.4, -0.2) is 48.5 Å². The Kier molecular flexibility index (Phi) is 6.38. The Labute approximate surface area is 164 Å². The minimum atomic E-state index is -0.454. The van der Waals surface area contributed by atoms with Crippen molar-refractivity contribution < 1.29 is 14.5 Å². The molecular formula is C21H25N3O4. The smallest absolute Gasteiger partial charge is 0.293 e. The highest BCUT2D eigenvalue weighted by Crippen LogP contribution is 2.28. The first-order valence-electron chi connectivity index (χ1n) is 9.37. The fourth-order valence-electron chi connectivity index (χ4n) is 3.39. The van der Waals surface area contributed by atoms with Gasteiger partial charge in [0.15, 0.2) is 5.78 Å². The summed E-state index contributed by atoms with van der Waals surface area (Å²) in [6.07, 6.45) is 0. The third-order valence-electron chi connectivity index (χ3n) is 5.04. The quantitative estimate of drug-likeness (QED) is 0.447. The zero-order chi connectivity index (χ0) is 20.1. The van der Waals surface area contributed by atoms with E-state index in [1.54, 1.807) is 12.1 Å². The van der Waals surface area contributed by atoms with Gasteiger partial charge in [0.1, 0.15) is 5.69 Å². The predicted octanol–water partition coefficient (Wildman–Crippen LogP) is 3.59. The lowest BCUT2D eigenvalue weighted by Gasteiger charge is -2.35. The molecule has 1 aliphatic rings. The number of nitrogens with one attached hydrogen (secondary N) is 1. The SMILES string of the molecule is CC(=O)c1ccc(NCC(c2ccc(C)cc2)N2CCOCC2)c([N+](=O)[O-])c1. The first kappa shape index (κ1) is 20.0. The standard InChI is InChI=1S/C21H25N3O4/c1-15-3-5-17(6-4-15)21(23-9-11-28-12-10-23)14-22-19-8-7-18(16(2)25)13-20(19)24(26)27/h3-8,13,21-22H,9-12,14H2,1-2H3. The van der Waals surface area contributed by atoms with Crippen LogP contribution in [0.3, 0.4) is 0 Å². The highest BCUT2D eigenvalue weighted by Gasteiger charge is 2.24. The van der Waals surface area contributed by atoms with Crippen molar-refractivity contribution in [2.75, 3.05) is 38.2 Å². The average Bonchev–Trinajstić information content (AvgIpc) is 2.70. The van der Waals surface area contributed by atoms with Gasteiger partial charge in [-0.25, -0.2) is 0 Å². The van der Waals surface area contributed by atoms with Crippen LogP contribution in [-0.2, 0) is 4.74 Å². The minimum Gasteiger partial charge on any atom is -0.379 e. The van der Waals surface area contributed by atoms with Crippen LogP contribution in [0.25, 0.3) is 0 Å². The number of hydrogen-bond acceptors (Lipinski definition) is 6. The second-order valence-corrected chi connectivity index (χ2v) is 7.00. The number of aryl methyl sites for hydroxylation is 1. The highest BCUT2D eigenvalue weighted by molar-refractivity contribution is 5.95. The van der Waals surface area contributed by atoms with E-state index < -0.39 is 4.92 Å². The minimum absolute atomic E-state index is 0.0663. The number of morpholine rings is 1. The predicted molar refractivity (Wildman–Crippen MR) is 108 cm³/mol. The van der Waals surface area contributed by atoms with Gasteiger partial charge in [-0.2, -0.15) is 0 Å². The van der Waals surface area contributed by atoms with Gasteiger partial charge in [0.25, 0.3) is 5.69 Å². The van der Waals surface area contributed by atoms with Crippen LogP contribution in [0.5, 0.6) is 0 Å². The lowest BCUT2D eigenvalue weighted by Crippen LogP contribution is -2.41. The summed E-state index contributed by atoms with van der Waals surface area (Å²) in [5, 5.41) is 14.7. The Balaban J connectivity index is 1.84. The van der Waals surface area contributed by atoms with E-state index in [0.717, 1.165) is 18.7 Å². The summed E-state index contributed by atoms with van der Waals surface area (Å²) in [5.41, 5.74) is 3.01. The van der Waals surface area contributed by atoms with Crippen molar-refractivity contribution in [1.82, 2.24) is 4.90 Å². The first-order chi connectivity index (χ1) is 13.5. The molecule has 7 heteroatoms. The number of hydrogen-bond donors (Lipinski definition) is 1. The summed E-state index contributed by atoms with van der Waals surface area (Å²) in [6.45, 7) is 6.94. The molecule has 1 unspecified atom stereocenters. The number of ketones is 1. The van der Waals surface area contributed by atoms with Crippen molar-refractivity contribution in [3.8, 4) is 0 Å². The maximum atomic E-state index is 11.6. The fourth-order valence-corrected chi connectivity index (χ4v) is 3.39. The fraction of sp³-hybridized carbons (Fsp3) is 0.381. The Bertz CT molecular complexity index is 845. The van der Waals surface area contributed by atoms with E-state index in [0.29, 0.717) is 31.0 Å². The molecule has 0 aliphatic carbocycles. The molecule has 3 rings (SSSR count). The molecule has 148 valence electrons. The van der Waals surface area contributed by atoms with Crippen LogP contribution in [0, 0.1) is 17.0 Å². The Morgan fingerprint density at radius 3 is 2.50 bits per heavy atom. The molecule has 2 aromatic carbocycles. The molecule has 0 spiro atoms. The van der Waals surface area contributed by atoms with Crippen molar-refractivity contribution in [2.45, 2.75) is 19.9 Å². The van der Waals surface area contributed by atoms with E-state index in [1.165, 1.54) is 18.6 Å². The van der Waals surface area contributed by atoms with Crippen LogP contribution in [0.1, 0.15) is 34.5 Å². The van der Waals surface area contributed by atoms with Crippen molar-refractivity contribution in [3.63, 3.8) is 0 Å². The van der Waals surface area contributed by atoms with Crippen LogP contribution < -0.4 is 5.32 Å².